The number of carbonyl (C=O) groups excluding carboxylic acids is 3. The molecule has 0 saturated carbocycles. The lowest BCUT2D eigenvalue weighted by Crippen LogP contribution is -2.64. The molecule has 264 valence electrons. The van der Waals surface area contributed by atoms with Gasteiger partial charge in [0.2, 0.25) is 5.91 Å². The highest BCUT2D eigenvalue weighted by atomic mass is 32.1. The number of hydrogen-bond acceptors (Lipinski definition) is 9. The Morgan fingerprint density at radius 1 is 1.12 bits per heavy atom. The summed E-state index contributed by atoms with van der Waals surface area (Å²) in [5.74, 6) is 5.64. The minimum atomic E-state index is -0.908. The Morgan fingerprint density at radius 2 is 1.88 bits per heavy atom. The largest absolute Gasteiger partial charge is 0.396 e. The Hall–Kier alpha value is -3.08. The van der Waals surface area contributed by atoms with Gasteiger partial charge in [0, 0.05) is 44.2 Å². The lowest BCUT2D eigenvalue weighted by molar-refractivity contribution is -0.226. The minimum Gasteiger partial charge on any atom is -0.396 e. The zero-order chi connectivity index (χ0) is 34.8. The second-order valence-corrected chi connectivity index (χ2v) is 15.4. The topological polar surface area (TPSA) is 127 Å². The molecule has 1 unspecified atom stereocenters. The van der Waals surface area contributed by atoms with Crippen LogP contribution in [0.25, 0.3) is 6.08 Å². The fourth-order valence-corrected chi connectivity index (χ4v) is 6.89. The lowest BCUT2D eigenvalue weighted by Gasteiger charge is -2.49. The molecule has 2 saturated heterocycles. The van der Waals surface area contributed by atoms with E-state index in [-0.39, 0.29) is 48.2 Å². The molecule has 0 aromatic carbocycles. The van der Waals surface area contributed by atoms with Gasteiger partial charge in [-0.1, -0.05) is 47.0 Å². The van der Waals surface area contributed by atoms with E-state index in [1.54, 1.807) is 17.2 Å². The van der Waals surface area contributed by atoms with Crippen LogP contribution in [0.1, 0.15) is 103 Å². The van der Waals surface area contributed by atoms with Crippen molar-refractivity contribution in [3.05, 3.63) is 34.2 Å². The summed E-state index contributed by atoms with van der Waals surface area (Å²) in [6.07, 6.45) is 10.3. The third kappa shape index (κ3) is 10.2. The molecule has 4 heterocycles. The summed E-state index contributed by atoms with van der Waals surface area (Å²) in [5, 5.41) is 21.8. The van der Waals surface area contributed by atoms with Crippen molar-refractivity contribution in [3.63, 3.8) is 0 Å². The molecule has 0 aliphatic carbocycles. The first kappa shape index (κ1) is 37.7. The SMILES string of the molecule is CC(C)C[C@H]1ON(C(=O)/C=C/c2nc(C#CCCCCCO)cs2)C2=CN(C3CCN(CCCCO)C3)C(=O)[C@H](CC(C)(C)C)N2C1=O. The van der Waals surface area contributed by atoms with Crippen LogP contribution in [0.4, 0.5) is 0 Å². The summed E-state index contributed by atoms with van der Waals surface area (Å²) < 4.78 is 0. The summed E-state index contributed by atoms with van der Waals surface area (Å²) in [7, 11) is 0. The summed E-state index contributed by atoms with van der Waals surface area (Å²) in [6, 6.07) is -0.883. The highest BCUT2D eigenvalue weighted by Crippen LogP contribution is 2.37. The molecule has 4 rings (SSSR count). The summed E-state index contributed by atoms with van der Waals surface area (Å²) >= 11 is 1.38. The van der Waals surface area contributed by atoms with Gasteiger partial charge in [-0.05, 0) is 74.8 Å². The molecule has 1 aromatic rings. The Labute approximate surface area is 289 Å². The van der Waals surface area contributed by atoms with E-state index in [2.05, 4.69) is 21.7 Å². The van der Waals surface area contributed by atoms with Crippen molar-refractivity contribution in [2.75, 3.05) is 32.8 Å². The Morgan fingerprint density at radius 3 is 2.58 bits per heavy atom. The Kier molecular flexibility index (Phi) is 13.8. The first-order valence-electron chi connectivity index (χ1n) is 17.4. The molecule has 1 aromatic heterocycles. The molecule has 11 nitrogen and oxygen atoms in total. The quantitative estimate of drug-likeness (QED) is 0.168. The Bertz CT molecular complexity index is 1390. The van der Waals surface area contributed by atoms with E-state index in [1.807, 2.05) is 40.0 Å². The molecule has 0 bridgehead atoms. The van der Waals surface area contributed by atoms with E-state index < -0.39 is 18.1 Å². The number of aliphatic hydroxyl groups is 2. The van der Waals surface area contributed by atoms with Crippen LogP contribution in [-0.2, 0) is 19.2 Å². The second-order valence-electron chi connectivity index (χ2n) is 14.5. The van der Waals surface area contributed by atoms with E-state index in [4.69, 9.17) is 9.94 Å². The molecule has 3 aliphatic rings. The highest BCUT2D eigenvalue weighted by molar-refractivity contribution is 7.10. The highest BCUT2D eigenvalue weighted by Gasteiger charge is 2.51. The van der Waals surface area contributed by atoms with Crippen molar-refractivity contribution < 1.29 is 29.4 Å². The van der Waals surface area contributed by atoms with Gasteiger partial charge in [-0.15, -0.1) is 11.3 Å². The van der Waals surface area contributed by atoms with E-state index in [0.717, 1.165) is 58.0 Å². The van der Waals surface area contributed by atoms with Gasteiger partial charge in [-0.25, -0.2) is 4.98 Å². The normalized spacial score (nSPS) is 22.0. The second kappa shape index (κ2) is 17.5. The monoisotopic (exact) mass is 683 g/mol. The first-order valence-corrected chi connectivity index (χ1v) is 18.2. The maximum atomic E-state index is 14.3. The van der Waals surface area contributed by atoms with Gasteiger partial charge >= 0.3 is 0 Å². The van der Waals surface area contributed by atoms with E-state index in [9.17, 15) is 19.5 Å². The Balaban J connectivity index is 1.61. The standard InChI is InChI=1S/C36H53N5O6S/c1-26(2)21-30-35(46)40-29(22-36(3,4)5)34(45)39(28-16-18-38(23-28)17-10-12-20-43)24-32(40)41(47-30)33(44)15-14-31-37-27(25-48-31)13-9-7-6-8-11-19-42/h14-15,24-26,28-30,42-43H,6-8,10-12,16-23H2,1-5H3/b15-14+/t28?,29-,30+/m0/s1. The van der Waals surface area contributed by atoms with Crippen molar-refractivity contribution >= 4 is 35.1 Å². The number of hydroxylamine groups is 2. The number of rotatable bonds is 14. The number of hydrogen-bond donors (Lipinski definition) is 2. The number of aromatic nitrogens is 1. The fourth-order valence-electron chi connectivity index (χ4n) is 6.25. The molecule has 3 amide bonds. The van der Waals surface area contributed by atoms with Gasteiger partial charge in [0.05, 0.1) is 12.2 Å². The average Bonchev–Trinajstić information content (AvgIpc) is 3.69. The van der Waals surface area contributed by atoms with Crippen LogP contribution in [0, 0.1) is 23.2 Å². The van der Waals surface area contributed by atoms with E-state index in [1.165, 1.54) is 27.4 Å². The van der Waals surface area contributed by atoms with Crippen molar-refractivity contribution in [2.45, 2.75) is 111 Å². The van der Waals surface area contributed by atoms with Gasteiger partial charge in [-0.3, -0.25) is 24.1 Å². The summed E-state index contributed by atoms with van der Waals surface area (Å²) in [4.78, 5) is 58.5. The predicted octanol–water partition coefficient (Wildman–Crippen LogP) is 4.37. The predicted molar refractivity (Wildman–Crippen MR) is 186 cm³/mol. The van der Waals surface area contributed by atoms with E-state index in [0.29, 0.717) is 30.1 Å². The van der Waals surface area contributed by atoms with Gasteiger partial charge < -0.3 is 20.0 Å². The zero-order valence-electron chi connectivity index (χ0n) is 29.2. The number of thiazole rings is 1. The van der Waals surface area contributed by atoms with Crippen LogP contribution in [0.2, 0.25) is 0 Å². The van der Waals surface area contributed by atoms with Gasteiger partial charge in [0.15, 0.2) is 11.9 Å². The molecule has 12 heteroatoms. The molecule has 0 spiro atoms. The molecule has 2 fully saturated rings. The average molecular weight is 684 g/mol. The van der Waals surface area contributed by atoms with Crippen LogP contribution in [0.5, 0.6) is 0 Å². The van der Waals surface area contributed by atoms with Crippen molar-refractivity contribution in [1.82, 2.24) is 24.7 Å². The number of nitrogens with zero attached hydrogens (tertiary/aromatic N) is 5. The third-order valence-corrected chi connectivity index (χ3v) is 9.40. The fraction of sp³-hybridized carbons (Fsp3) is 0.667. The lowest BCUT2D eigenvalue weighted by atomic mass is 9.85. The number of amides is 3. The van der Waals surface area contributed by atoms with Gasteiger partial charge in [0.25, 0.3) is 11.8 Å². The van der Waals surface area contributed by atoms with E-state index >= 15 is 0 Å². The molecule has 2 N–H and O–H groups in total. The maximum absolute atomic E-state index is 14.3. The first-order chi connectivity index (χ1) is 22.9. The summed E-state index contributed by atoms with van der Waals surface area (Å²) in [6.45, 7) is 12.8. The van der Waals surface area contributed by atoms with Crippen LogP contribution < -0.4 is 0 Å². The van der Waals surface area contributed by atoms with Gasteiger partial charge in [-0.2, -0.15) is 5.06 Å². The number of carbonyl (C=O) groups is 3. The third-order valence-electron chi connectivity index (χ3n) is 8.59. The van der Waals surface area contributed by atoms with Crippen LogP contribution in [0.15, 0.2) is 23.5 Å². The molecule has 48 heavy (non-hydrogen) atoms. The minimum absolute atomic E-state index is 0.107. The van der Waals surface area contributed by atoms with Gasteiger partial charge in [0.1, 0.15) is 16.7 Å². The molecule has 3 aliphatic heterocycles. The van der Waals surface area contributed by atoms with Crippen molar-refractivity contribution in [2.24, 2.45) is 11.3 Å². The van der Waals surface area contributed by atoms with Crippen LogP contribution in [0.3, 0.4) is 0 Å². The molecule has 0 radical (unpaired) electrons. The van der Waals surface area contributed by atoms with Crippen molar-refractivity contribution in [1.29, 1.82) is 0 Å². The zero-order valence-corrected chi connectivity index (χ0v) is 30.0. The number of likely N-dealkylation sites (tertiary alicyclic amines) is 1. The molecular weight excluding hydrogens is 630 g/mol. The summed E-state index contributed by atoms with van der Waals surface area (Å²) in [5.41, 5.74) is 0.361. The van der Waals surface area contributed by atoms with Crippen molar-refractivity contribution in [3.8, 4) is 11.8 Å². The smallest absolute Gasteiger partial charge is 0.276 e. The maximum Gasteiger partial charge on any atom is 0.276 e. The number of unbranched alkanes of at least 4 members (excludes halogenated alkanes) is 4. The molecule has 3 atom stereocenters. The number of fused-ring (bicyclic) bond motifs is 1. The number of aliphatic hydroxyl groups excluding tert-OH is 2. The molecular formula is C36H53N5O6S. The van der Waals surface area contributed by atoms with Crippen LogP contribution >= 0.6 is 11.3 Å². The van der Waals surface area contributed by atoms with Crippen LogP contribution in [-0.4, -0.2) is 104 Å².